The lowest BCUT2D eigenvalue weighted by Gasteiger charge is -2.27. The quantitative estimate of drug-likeness (QED) is 0.767. The van der Waals surface area contributed by atoms with Gasteiger partial charge in [0.15, 0.2) is 5.15 Å². The van der Waals surface area contributed by atoms with E-state index in [0.29, 0.717) is 0 Å². The Labute approximate surface area is 99.4 Å². The standard InChI is InChI=1S/C11H16ClN3O/c1-7-2-4-8(5-3-7)15-6-14-10(12)9(13)11(15)16/h6-8H,2-5,13H2,1H3. The topological polar surface area (TPSA) is 60.9 Å². The van der Waals surface area contributed by atoms with Crippen LogP contribution in [-0.2, 0) is 0 Å². The van der Waals surface area contributed by atoms with E-state index in [1.54, 1.807) is 4.57 Å². The molecular weight excluding hydrogens is 226 g/mol. The molecule has 1 aliphatic carbocycles. The zero-order valence-corrected chi connectivity index (χ0v) is 10.1. The molecule has 1 heterocycles. The predicted octanol–water partition coefficient (Wildman–Crippen LogP) is 2.23. The maximum Gasteiger partial charge on any atom is 0.278 e. The van der Waals surface area contributed by atoms with E-state index in [1.165, 1.54) is 6.33 Å². The van der Waals surface area contributed by atoms with E-state index in [-0.39, 0.29) is 22.4 Å². The summed E-state index contributed by atoms with van der Waals surface area (Å²) in [5.41, 5.74) is 5.44. The summed E-state index contributed by atoms with van der Waals surface area (Å²) < 4.78 is 1.63. The average Bonchev–Trinajstić information content (AvgIpc) is 2.28. The molecular formula is C11H16ClN3O. The highest BCUT2D eigenvalue weighted by atomic mass is 35.5. The minimum Gasteiger partial charge on any atom is -0.392 e. The lowest BCUT2D eigenvalue weighted by atomic mass is 9.87. The molecule has 0 bridgehead atoms. The molecule has 2 rings (SSSR count). The molecule has 0 saturated heterocycles. The summed E-state index contributed by atoms with van der Waals surface area (Å²) in [7, 11) is 0. The van der Waals surface area contributed by atoms with Gasteiger partial charge >= 0.3 is 0 Å². The summed E-state index contributed by atoms with van der Waals surface area (Å²) in [4.78, 5) is 15.8. The number of aromatic nitrogens is 2. The molecule has 0 radical (unpaired) electrons. The number of rotatable bonds is 1. The second kappa shape index (κ2) is 4.45. The first kappa shape index (κ1) is 11.5. The van der Waals surface area contributed by atoms with Crippen molar-refractivity contribution in [1.29, 1.82) is 0 Å². The van der Waals surface area contributed by atoms with Gasteiger partial charge in [-0.3, -0.25) is 9.36 Å². The van der Waals surface area contributed by atoms with Gasteiger partial charge in [-0.1, -0.05) is 18.5 Å². The summed E-state index contributed by atoms with van der Waals surface area (Å²) in [5, 5.41) is 0.102. The minimum absolute atomic E-state index is 0.0581. The van der Waals surface area contributed by atoms with Gasteiger partial charge in [0.2, 0.25) is 0 Å². The van der Waals surface area contributed by atoms with Crippen molar-refractivity contribution in [3.63, 3.8) is 0 Å². The molecule has 88 valence electrons. The number of anilines is 1. The SMILES string of the molecule is CC1CCC(n2cnc(Cl)c(N)c2=O)CC1. The first-order valence-corrected chi connectivity index (χ1v) is 5.99. The number of hydrogen-bond acceptors (Lipinski definition) is 3. The maximum atomic E-state index is 11.9. The Morgan fingerprint density at radius 3 is 2.69 bits per heavy atom. The normalized spacial score (nSPS) is 25.6. The molecule has 1 aromatic heterocycles. The summed E-state index contributed by atoms with van der Waals surface area (Å²) in [6.07, 6.45) is 5.86. The van der Waals surface area contributed by atoms with Crippen LogP contribution in [0.5, 0.6) is 0 Å². The van der Waals surface area contributed by atoms with Crippen LogP contribution in [0.4, 0.5) is 5.69 Å². The van der Waals surface area contributed by atoms with E-state index in [1.807, 2.05) is 0 Å². The highest BCUT2D eigenvalue weighted by Crippen LogP contribution is 2.31. The molecule has 0 spiro atoms. The van der Waals surface area contributed by atoms with Crippen LogP contribution in [0.25, 0.3) is 0 Å². The Morgan fingerprint density at radius 1 is 1.44 bits per heavy atom. The highest BCUT2D eigenvalue weighted by molar-refractivity contribution is 6.31. The monoisotopic (exact) mass is 241 g/mol. The van der Waals surface area contributed by atoms with Crippen molar-refractivity contribution < 1.29 is 0 Å². The Balaban J connectivity index is 2.28. The lowest BCUT2D eigenvalue weighted by Crippen LogP contribution is -2.29. The summed E-state index contributed by atoms with van der Waals surface area (Å²) in [6, 6.07) is 0.232. The Bertz CT molecular complexity index is 435. The molecule has 0 aromatic carbocycles. The van der Waals surface area contributed by atoms with Gasteiger partial charge in [-0.25, -0.2) is 4.98 Å². The third-order valence-electron chi connectivity index (χ3n) is 3.36. The van der Waals surface area contributed by atoms with E-state index in [2.05, 4.69) is 11.9 Å². The number of nitrogens with two attached hydrogens (primary N) is 1. The van der Waals surface area contributed by atoms with Gasteiger partial charge in [0.05, 0.1) is 6.33 Å². The van der Waals surface area contributed by atoms with Gasteiger partial charge in [0.1, 0.15) is 5.69 Å². The van der Waals surface area contributed by atoms with E-state index in [9.17, 15) is 4.79 Å². The number of nitrogens with zero attached hydrogens (tertiary/aromatic N) is 2. The fraction of sp³-hybridized carbons (Fsp3) is 0.636. The van der Waals surface area contributed by atoms with Crippen LogP contribution in [-0.4, -0.2) is 9.55 Å². The van der Waals surface area contributed by atoms with Crippen molar-refractivity contribution in [3.05, 3.63) is 21.8 Å². The smallest absolute Gasteiger partial charge is 0.278 e. The molecule has 0 aliphatic heterocycles. The van der Waals surface area contributed by atoms with Gasteiger partial charge in [-0.2, -0.15) is 0 Å². The second-order valence-corrected chi connectivity index (χ2v) is 4.93. The molecule has 4 nitrogen and oxygen atoms in total. The molecule has 1 aromatic rings. The van der Waals surface area contributed by atoms with Crippen LogP contribution in [0, 0.1) is 5.92 Å². The van der Waals surface area contributed by atoms with Crippen molar-refractivity contribution in [1.82, 2.24) is 9.55 Å². The zero-order valence-electron chi connectivity index (χ0n) is 9.32. The van der Waals surface area contributed by atoms with Crippen LogP contribution in [0.2, 0.25) is 5.15 Å². The second-order valence-electron chi connectivity index (χ2n) is 4.58. The first-order valence-electron chi connectivity index (χ1n) is 5.61. The third-order valence-corrected chi connectivity index (χ3v) is 3.66. The lowest BCUT2D eigenvalue weighted by molar-refractivity contribution is 0.283. The van der Waals surface area contributed by atoms with Crippen molar-refractivity contribution >= 4 is 17.3 Å². The van der Waals surface area contributed by atoms with Crippen molar-refractivity contribution in [2.45, 2.75) is 38.6 Å². The van der Waals surface area contributed by atoms with Crippen molar-refractivity contribution in [2.75, 3.05) is 5.73 Å². The summed E-state index contributed by atoms with van der Waals surface area (Å²) >= 11 is 5.70. The van der Waals surface area contributed by atoms with Crippen molar-refractivity contribution in [2.24, 2.45) is 5.92 Å². The van der Waals surface area contributed by atoms with Gasteiger partial charge in [0.25, 0.3) is 5.56 Å². The zero-order chi connectivity index (χ0) is 11.7. The van der Waals surface area contributed by atoms with Gasteiger partial charge < -0.3 is 5.73 Å². The molecule has 0 atom stereocenters. The minimum atomic E-state index is -0.209. The Kier molecular flexibility index (Phi) is 3.19. The molecule has 1 aliphatic rings. The summed E-state index contributed by atoms with van der Waals surface area (Å²) in [6.45, 7) is 2.24. The summed E-state index contributed by atoms with van der Waals surface area (Å²) in [5.74, 6) is 0.754. The van der Waals surface area contributed by atoms with Crippen LogP contribution in [0.15, 0.2) is 11.1 Å². The predicted molar refractivity (Wildman–Crippen MR) is 64.6 cm³/mol. The third kappa shape index (κ3) is 2.07. The highest BCUT2D eigenvalue weighted by Gasteiger charge is 2.21. The molecule has 0 amide bonds. The number of hydrogen-bond donors (Lipinski definition) is 1. The van der Waals surface area contributed by atoms with Crippen LogP contribution in [0.3, 0.4) is 0 Å². The van der Waals surface area contributed by atoms with Crippen LogP contribution < -0.4 is 11.3 Å². The molecule has 1 saturated carbocycles. The molecule has 0 unspecified atom stereocenters. The number of nitrogen functional groups attached to an aromatic ring is 1. The van der Waals surface area contributed by atoms with E-state index in [0.717, 1.165) is 31.6 Å². The number of halogens is 1. The van der Waals surface area contributed by atoms with E-state index in [4.69, 9.17) is 17.3 Å². The maximum absolute atomic E-state index is 11.9. The molecule has 16 heavy (non-hydrogen) atoms. The fourth-order valence-corrected chi connectivity index (χ4v) is 2.37. The molecule has 1 fully saturated rings. The van der Waals surface area contributed by atoms with Gasteiger partial charge in [-0.05, 0) is 31.6 Å². The molecule has 5 heteroatoms. The van der Waals surface area contributed by atoms with Crippen LogP contribution >= 0.6 is 11.6 Å². The Morgan fingerprint density at radius 2 is 2.06 bits per heavy atom. The average molecular weight is 242 g/mol. The Hall–Kier alpha value is -1.03. The van der Waals surface area contributed by atoms with Crippen molar-refractivity contribution in [3.8, 4) is 0 Å². The van der Waals surface area contributed by atoms with Crippen LogP contribution in [0.1, 0.15) is 38.6 Å². The van der Waals surface area contributed by atoms with E-state index < -0.39 is 0 Å². The molecule has 2 N–H and O–H groups in total. The largest absolute Gasteiger partial charge is 0.392 e. The van der Waals surface area contributed by atoms with Gasteiger partial charge in [0, 0.05) is 6.04 Å². The van der Waals surface area contributed by atoms with E-state index >= 15 is 0 Å². The van der Waals surface area contributed by atoms with Gasteiger partial charge in [-0.15, -0.1) is 0 Å². The fourth-order valence-electron chi connectivity index (χ4n) is 2.24. The first-order chi connectivity index (χ1) is 7.59.